The van der Waals surface area contributed by atoms with E-state index in [9.17, 15) is 18.0 Å². The number of methoxy groups -OCH3 is 2. The molecule has 1 aliphatic carbocycles. The fraction of sp³-hybridized carbons (Fsp3) is 0.436. The van der Waals surface area contributed by atoms with Gasteiger partial charge in [0.15, 0.2) is 0 Å². The number of nitrogens with zero attached hydrogens (tertiary/aromatic N) is 3. The van der Waals surface area contributed by atoms with E-state index < -0.39 is 17.8 Å². The zero-order valence-corrected chi connectivity index (χ0v) is 30.9. The molecule has 54 heavy (non-hydrogen) atoms. The molecule has 3 aliphatic rings. The first-order chi connectivity index (χ1) is 26.1. The molecule has 3 aromatic heterocycles. The molecule has 4 aromatic rings. The van der Waals surface area contributed by atoms with Gasteiger partial charge in [-0.1, -0.05) is 35.9 Å². The largest absolute Gasteiger partial charge is 0.481 e. The summed E-state index contributed by atoms with van der Waals surface area (Å²) in [6.07, 6.45) is 1.15. The molecule has 1 amide bonds. The van der Waals surface area contributed by atoms with Crippen LogP contribution >= 0.6 is 11.6 Å². The predicted octanol–water partition coefficient (Wildman–Crippen LogP) is 6.63. The first kappa shape index (κ1) is 37.8. The molecule has 2 fully saturated rings. The highest BCUT2D eigenvalue weighted by Crippen LogP contribution is 2.44. The fourth-order valence-electron chi connectivity index (χ4n) is 7.49. The zero-order valence-electron chi connectivity index (χ0n) is 30.1. The maximum absolute atomic E-state index is 14.5. The number of nitrogens with one attached hydrogen (secondary N) is 4. The van der Waals surface area contributed by atoms with Gasteiger partial charge in [-0.3, -0.25) is 9.78 Å². The van der Waals surface area contributed by atoms with Crippen molar-refractivity contribution < 1.29 is 32.2 Å². The van der Waals surface area contributed by atoms with Gasteiger partial charge in [0.25, 0.3) is 0 Å². The van der Waals surface area contributed by atoms with Crippen molar-refractivity contribution in [1.82, 2.24) is 30.9 Å². The van der Waals surface area contributed by atoms with Gasteiger partial charge < -0.3 is 35.5 Å². The molecule has 0 bridgehead atoms. The van der Waals surface area contributed by atoms with E-state index in [0.717, 1.165) is 54.4 Å². The number of hydrogen-bond donors (Lipinski definition) is 4. The monoisotopic (exact) mass is 765 g/mol. The Balaban J connectivity index is 1.12. The Labute approximate surface area is 316 Å². The molecule has 11 nitrogen and oxygen atoms in total. The second-order valence-electron chi connectivity index (χ2n) is 13.7. The number of pyridine rings is 3. The Bertz CT molecular complexity index is 1990. The summed E-state index contributed by atoms with van der Waals surface area (Å²) in [5.41, 5.74) is 4.77. The molecule has 15 heteroatoms. The Morgan fingerprint density at radius 3 is 2.48 bits per heavy atom. The van der Waals surface area contributed by atoms with Gasteiger partial charge in [0.05, 0.1) is 42.2 Å². The molecule has 4 N–H and O–H groups in total. The molecular formula is C39H43ClF3N7O4. The van der Waals surface area contributed by atoms with Crippen LogP contribution in [0.2, 0.25) is 5.02 Å². The normalized spacial score (nSPS) is 18.7. The summed E-state index contributed by atoms with van der Waals surface area (Å²) in [5.74, 6) is 0.252. The minimum atomic E-state index is -4.67. The van der Waals surface area contributed by atoms with Gasteiger partial charge in [-0.25, -0.2) is 4.98 Å². The van der Waals surface area contributed by atoms with Crippen molar-refractivity contribution in [1.29, 1.82) is 0 Å². The molecule has 7 rings (SSSR count). The van der Waals surface area contributed by atoms with E-state index in [4.69, 9.17) is 30.8 Å². The van der Waals surface area contributed by atoms with E-state index >= 15 is 0 Å². The number of halogens is 4. The van der Waals surface area contributed by atoms with Gasteiger partial charge in [0, 0.05) is 79.8 Å². The first-order valence-corrected chi connectivity index (χ1v) is 18.5. The average molecular weight is 766 g/mol. The Kier molecular flexibility index (Phi) is 11.5. The molecule has 0 radical (unpaired) electrons. The van der Waals surface area contributed by atoms with Crippen LogP contribution in [0.4, 0.5) is 19.0 Å². The molecule has 286 valence electrons. The second-order valence-corrected chi connectivity index (χ2v) is 14.1. The van der Waals surface area contributed by atoms with Gasteiger partial charge >= 0.3 is 6.18 Å². The number of hydrogen-bond acceptors (Lipinski definition) is 10. The number of aromatic nitrogens is 3. The van der Waals surface area contributed by atoms with Crippen molar-refractivity contribution >= 4 is 23.3 Å². The quantitative estimate of drug-likeness (QED) is 0.118. The topological polar surface area (TPSA) is 132 Å². The van der Waals surface area contributed by atoms with E-state index in [1.807, 2.05) is 36.4 Å². The van der Waals surface area contributed by atoms with Crippen LogP contribution in [0, 0.1) is 0 Å². The molecule has 0 unspecified atom stereocenters. The predicted molar refractivity (Wildman–Crippen MR) is 198 cm³/mol. The molecule has 1 aromatic carbocycles. The lowest BCUT2D eigenvalue weighted by molar-refractivity contribution is -0.137. The van der Waals surface area contributed by atoms with Crippen molar-refractivity contribution in [2.75, 3.05) is 39.3 Å². The van der Waals surface area contributed by atoms with Crippen LogP contribution in [-0.2, 0) is 35.2 Å². The van der Waals surface area contributed by atoms with Crippen LogP contribution in [0.1, 0.15) is 66.0 Å². The third-order valence-electron chi connectivity index (χ3n) is 10.3. The number of ether oxygens (including phenoxy) is 3. The third kappa shape index (κ3) is 8.26. The molecule has 0 spiro atoms. The highest BCUT2D eigenvalue weighted by Gasteiger charge is 2.37. The summed E-state index contributed by atoms with van der Waals surface area (Å²) in [6.45, 7) is 2.62. The molecule has 2 saturated heterocycles. The highest BCUT2D eigenvalue weighted by atomic mass is 35.5. The van der Waals surface area contributed by atoms with E-state index in [1.165, 1.54) is 7.11 Å². The number of amides is 1. The van der Waals surface area contributed by atoms with Crippen LogP contribution < -0.4 is 30.7 Å². The number of alkyl halides is 3. The van der Waals surface area contributed by atoms with Crippen molar-refractivity contribution in [3.05, 3.63) is 81.5 Å². The summed E-state index contributed by atoms with van der Waals surface area (Å²) in [5, 5.41) is 13.1. The lowest BCUT2D eigenvalue weighted by Crippen LogP contribution is -2.35. The molecule has 5 heterocycles. The summed E-state index contributed by atoms with van der Waals surface area (Å²) in [6, 6.07) is 12.3. The van der Waals surface area contributed by atoms with E-state index in [0.29, 0.717) is 72.7 Å². The first-order valence-electron chi connectivity index (χ1n) is 18.2. The van der Waals surface area contributed by atoms with Crippen LogP contribution in [0.3, 0.4) is 0 Å². The smallest absolute Gasteiger partial charge is 0.419 e. The van der Waals surface area contributed by atoms with Gasteiger partial charge in [0.1, 0.15) is 5.82 Å². The van der Waals surface area contributed by atoms with Gasteiger partial charge in [-0.2, -0.15) is 18.2 Å². The number of benzene rings is 1. The van der Waals surface area contributed by atoms with Gasteiger partial charge in [0.2, 0.25) is 17.7 Å². The number of rotatable bonds is 13. The van der Waals surface area contributed by atoms with Crippen LogP contribution in [-0.4, -0.2) is 66.9 Å². The standard InChI is InChI=1S/C39H43ClF3N7O4/c1-52-37-22(20-46-24-13-16-54-17-14-24)6-9-32(49-37)29-12-15-45-35(34(29)40)28-5-3-4-27-26(28)8-10-31(27)48-36-30(39(41,42)43)18-23(38(50-36)53-2)19-44-21-25-7-11-33(51)47-25/h3-6,9,12,15,18,24-25,31,44,46H,7-8,10-11,13-14,16-17,19-21H2,1-2H3,(H,47,51)(H,48,50)/t25-,31-/m0/s1. The zero-order chi connectivity index (χ0) is 37.8. The Hall–Kier alpha value is -4.50. The number of anilines is 1. The second kappa shape index (κ2) is 16.5. The summed E-state index contributed by atoms with van der Waals surface area (Å²) < 4.78 is 60.1. The van der Waals surface area contributed by atoms with Gasteiger partial charge in [-0.05, 0) is 61.4 Å². The van der Waals surface area contributed by atoms with E-state index in [2.05, 4.69) is 31.2 Å². The van der Waals surface area contributed by atoms with Crippen LogP contribution in [0.15, 0.2) is 48.7 Å². The molecule has 0 saturated carbocycles. The lowest BCUT2D eigenvalue weighted by atomic mass is 9.98. The number of carbonyl (C=O) groups is 1. The minimum absolute atomic E-state index is 0.0292. The summed E-state index contributed by atoms with van der Waals surface area (Å²) in [7, 11) is 2.98. The SMILES string of the molecule is COc1nc(-c2ccnc(-c3cccc4c3CC[C@@H]4Nc3nc(OC)c(CNC[C@@H]4CCC(=O)N4)cc3C(F)(F)F)c2Cl)ccc1CNC1CCOCC1. The van der Waals surface area contributed by atoms with Crippen molar-refractivity contribution in [2.45, 2.75) is 75.9 Å². The lowest BCUT2D eigenvalue weighted by Gasteiger charge is -2.23. The van der Waals surface area contributed by atoms with Crippen molar-refractivity contribution in [3.8, 4) is 34.3 Å². The summed E-state index contributed by atoms with van der Waals surface area (Å²) >= 11 is 7.09. The Morgan fingerprint density at radius 1 is 0.944 bits per heavy atom. The van der Waals surface area contributed by atoms with Crippen molar-refractivity contribution in [3.63, 3.8) is 0 Å². The minimum Gasteiger partial charge on any atom is -0.481 e. The van der Waals surface area contributed by atoms with Crippen molar-refractivity contribution in [2.24, 2.45) is 0 Å². The maximum Gasteiger partial charge on any atom is 0.419 e. The summed E-state index contributed by atoms with van der Waals surface area (Å²) in [4.78, 5) is 25.3. The molecular weight excluding hydrogens is 723 g/mol. The number of fused-ring (bicyclic) bond motifs is 1. The molecule has 2 aliphatic heterocycles. The van der Waals surface area contributed by atoms with Crippen LogP contribution in [0.25, 0.3) is 22.5 Å². The highest BCUT2D eigenvalue weighted by molar-refractivity contribution is 6.35. The third-order valence-corrected chi connectivity index (χ3v) is 10.7. The van der Waals surface area contributed by atoms with E-state index in [-0.39, 0.29) is 35.8 Å². The molecule has 2 atom stereocenters. The fourth-order valence-corrected chi connectivity index (χ4v) is 7.80. The van der Waals surface area contributed by atoms with E-state index in [1.54, 1.807) is 13.3 Å². The average Bonchev–Trinajstić information content (AvgIpc) is 3.79. The number of carbonyl (C=O) groups excluding carboxylic acids is 1. The Morgan fingerprint density at radius 2 is 1.74 bits per heavy atom. The van der Waals surface area contributed by atoms with Crippen LogP contribution in [0.5, 0.6) is 11.8 Å². The maximum atomic E-state index is 14.5. The van der Waals surface area contributed by atoms with Gasteiger partial charge in [-0.15, -0.1) is 0 Å².